The second-order valence-electron chi connectivity index (χ2n) is 9.51. The first kappa shape index (κ1) is 36.3. The van der Waals surface area contributed by atoms with E-state index in [0.29, 0.717) is 31.4 Å². The summed E-state index contributed by atoms with van der Waals surface area (Å²) in [5, 5.41) is 14.9. The lowest BCUT2D eigenvalue weighted by molar-refractivity contribution is -0.142. The van der Waals surface area contributed by atoms with Crippen molar-refractivity contribution in [3.63, 3.8) is 0 Å². The molecule has 0 aliphatic rings. The molecule has 0 saturated carbocycles. The highest BCUT2D eigenvalue weighted by Crippen LogP contribution is 2.11. The molecule has 0 spiro atoms. The van der Waals surface area contributed by atoms with Gasteiger partial charge < -0.3 is 15.7 Å². The zero-order chi connectivity index (χ0) is 30.7. The number of nitrogens with zero attached hydrogens (tertiary/aromatic N) is 1. The van der Waals surface area contributed by atoms with E-state index in [0.717, 1.165) is 38.5 Å². The van der Waals surface area contributed by atoms with Gasteiger partial charge in [0, 0.05) is 19.2 Å². The van der Waals surface area contributed by atoms with Gasteiger partial charge in [0.05, 0.1) is 5.56 Å². The molecule has 0 bridgehead atoms. The van der Waals surface area contributed by atoms with Gasteiger partial charge in [0.1, 0.15) is 11.2 Å². The first-order valence-corrected chi connectivity index (χ1v) is 15.1. The molecule has 0 aliphatic heterocycles. The zero-order valence-corrected chi connectivity index (χ0v) is 25.5. The number of rotatable bonds is 22. The van der Waals surface area contributed by atoms with E-state index in [4.69, 9.17) is 11.6 Å². The van der Waals surface area contributed by atoms with Gasteiger partial charge in [-0.25, -0.2) is 9.78 Å². The number of hydrogen-bond acceptors (Lipinski definition) is 4. The molecule has 0 radical (unpaired) electrons. The molecule has 1 aromatic heterocycles. The number of carbonyl (C=O) groups is 3. The Morgan fingerprint density at radius 3 is 1.93 bits per heavy atom. The van der Waals surface area contributed by atoms with Gasteiger partial charge in [-0.3, -0.25) is 9.59 Å². The molecule has 1 atom stereocenters. The Morgan fingerprint density at radius 1 is 0.857 bits per heavy atom. The van der Waals surface area contributed by atoms with Crippen LogP contribution >= 0.6 is 11.6 Å². The van der Waals surface area contributed by atoms with Crippen molar-refractivity contribution in [3.8, 4) is 0 Å². The van der Waals surface area contributed by atoms with Crippen molar-refractivity contribution in [1.29, 1.82) is 0 Å². The van der Waals surface area contributed by atoms with E-state index in [1.807, 2.05) is 12.2 Å². The smallest absolute Gasteiger partial charge is 0.326 e. The van der Waals surface area contributed by atoms with Crippen molar-refractivity contribution in [2.75, 3.05) is 6.54 Å². The number of aliphatic carboxylic acids is 1. The molecule has 0 aliphatic carbocycles. The second kappa shape index (κ2) is 25.0. The van der Waals surface area contributed by atoms with Crippen LogP contribution in [0.15, 0.2) is 91.2 Å². The minimum atomic E-state index is -1.07. The van der Waals surface area contributed by atoms with Gasteiger partial charge in [-0.05, 0) is 76.3 Å². The highest BCUT2D eigenvalue weighted by Gasteiger charge is 2.19. The van der Waals surface area contributed by atoms with Crippen LogP contribution in [0, 0.1) is 0 Å². The molecular formula is C34H46ClN3O4. The third-order valence-electron chi connectivity index (χ3n) is 5.98. The third kappa shape index (κ3) is 19.4. The molecule has 2 amide bonds. The number of halogens is 1. The van der Waals surface area contributed by atoms with Crippen LogP contribution in [0.1, 0.15) is 87.9 Å². The van der Waals surface area contributed by atoms with Gasteiger partial charge in [0.15, 0.2) is 0 Å². The summed E-state index contributed by atoms with van der Waals surface area (Å²) >= 11 is 5.91. The van der Waals surface area contributed by atoms with Crippen LogP contribution in [0.25, 0.3) is 0 Å². The van der Waals surface area contributed by atoms with Crippen LogP contribution in [-0.4, -0.2) is 40.5 Å². The molecule has 0 saturated heterocycles. The fourth-order valence-corrected chi connectivity index (χ4v) is 3.91. The van der Waals surface area contributed by atoms with Crippen LogP contribution in [0.3, 0.4) is 0 Å². The van der Waals surface area contributed by atoms with E-state index in [1.165, 1.54) is 6.20 Å². The normalized spacial score (nSPS) is 12.9. The molecule has 8 heteroatoms. The number of carbonyl (C=O) groups excluding carboxylic acids is 2. The Bertz CT molecular complexity index is 1110. The molecule has 0 fully saturated rings. The van der Waals surface area contributed by atoms with Crippen LogP contribution in [0.4, 0.5) is 0 Å². The Labute approximate surface area is 256 Å². The zero-order valence-electron chi connectivity index (χ0n) is 24.7. The summed E-state index contributed by atoms with van der Waals surface area (Å²) in [6.45, 7) is 2.51. The molecule has 7 nitrogen and oxygen atoms in total. The summed E-state index contributed by atoms with van der Waals surface area (Å²) in [4.78, 5) is 39.7. The molecule has 1 rings (SSSR count). The number of unbranched alkanes of at least 4 members (excludes halogenated alkanes) is 1. The Hall–Kier alpha value is -3.71. The number of nitrogens with one attached hydrogen (secondary N) is 2. The lowest BCUT2D eigenvalue weighted by Crippen LogP contribution is -2.40. The summed E-state index contributed by atoms with van der Waals surface area (Å²) in [6, 6.07) is 2.26. The minimum absolute atomic E-state index is 0.132. The summed E-state index contributed by atoms with van der Waals surface area (Å²) in [6.07, 6.45) is 34.9. The third-order valence-corrected chi connectivity index (χ3v) is 6.28. The number of allylic oxidation sites excluding steroid dienone is 12. The number of carboxylic acid groups (broad SMARTS) is 1. The highest BCUT2D eigenvalue weighted by atomic mass is 35.5. The van der Waals surface area contributed by atoms with Gasteiger partial charge in [0.25, 0.3) is 5.91 Å². The van der Waals surface area contributed by atoms with Crippen molar-refractivity contribution in [1.82, 2.24) is 15.6 Å². The maximum Gasteiger partial charge on any atom is 0.326 e. The van der Waals surface area contributed by atoms with Crippen molar-refractivity contribution < 1.29 is 19.5 Å². The van der Waals surface area contributed by atoms with Crippen LogP contribution in [0.2, 0.25) is 5.15 Å². The molecule has 0 aromatic carbocycles. The molecule has 3 N–H and O–H groups in total. The van der Waals surface area contributed by atoms with Gasteiger partial charge in [-0.2, -0.15) is 0 Å². The quantitative estimate of drug-likeness (QED) is 0.0723. The van der Waals surface area contributed by atoms with Crippen molar-refractivity contribution in [2.45, 2.75) is 83.6 Å². The average molecular weight is 596 g/mol. The summed E-state index contributed by atoms with van der Waals surface area (Å²) < 4.78 is 0. The number of pyridine rings is 1. The maximum absolute atomic E-state index is 12.2. The summed E-state index contributed by atoms with van der Waals surface area (Å²) in [5.41, 5.74) is 0.293. The topological polar surface area (TPSA) is 108 Å². The Kier molecular flexibility index (Phi) is 21.6. The summed E-state index contributed by atoms with van der Waals surface area (Å²) in [5.74, 6) is -1.68. The van der Waals surface area contributed by atoms with Gasteiger partial charge in [0.2, 0.25) is 5.91 Å². The van der Waals surface area contributed by atoms with E-state index >= 15 is 0 Å². The lowest BCUT2D eigenvalue weighted by Gasteiger charge is -2.14. The number of carboxylic acids is 1. The minimum Gasteiger partial charge on any atom is -0.480 e. The predicted molar refractivity (Wildman–Crippen MR) is 172 cm³/mol. The van der Waals surface area contributed by atoms with Gasteiger partial charge >= 0.3 is 5.97 Å². The standard InChI is InChI=1S/C34H46ClN3O4/c1-2-3-4-5-6-7-8-9-10-11-12-13-14-15-16-17-18-19-20-26-31(39)38-30(34(41)42)25-21-22-27-37-33(40)29-24-23-28-36-32(29)35/h3-4,6-7,9-10,12-13,15-16,18-19,23-24,28,30H,2,5,8,11,14,17,20-22,25-27H2,1H3,(H,37,40)(H,38,39)(H,41,42)/t30-/m0/s1. The molecular weight excluding hydrogens is 550 g/mol. The van der Waals surface area contributed by atoms with Crippen molar-refractivity contribution >= 4 is 29.4 Å². The number of amides is 2. The number of aromatic nitrogens is 1. The van der Waals surface area contributed by atoms with Crippen molar-refractivity contribution in [2.24, 2.45) is 0 Å². The molecule has 1 heterocycles. The number of hydrogen-bond donors (Lipinski definition) is 3. The van der Waals surface area contributed by atoms with Crippen molar-refractivity contribution in [3.05, 3.63) is 102 Å². The second-order valence-corrected chi connectivity index (χ2v) is 9.86. The Balaban J connectivity index is 2.12. The van der Waals surface area contributed by atoms with E-state index in [1.54, 1.807) is 12.1 Å². The van der Waals surface area contributed by atoms with E-state index < -0.39 is 12.0 Å². The molecule has 42 heavy (non-hydrogen) atoms. The fraction of sp³-hybridized carbons (Fsp3) is 0.412. The molecule has 228 valence electrons. The van der Waals surface area contributed by atoms with E-state index in [9.17, 15) is 19.5 Å². The monoisotopic (exact) mass is 595 g/mol. The SMILES string of the molecule is CCC=CCC=CCC=CCC=CCC=CCC=CCCC(=O)N[C@@H](CCCCNC(=O)c1cccnc1Cl)C(=O)O. The van der Waals surface area contributed by atoms with Gasteiger partial charge in [-0.1, -0.05) is 91.4 Å². The predicted octanol–water partition coefficient (Wildman–Crippen LogP) is 7.68. The van der Waals surface area contributed by atoms with Crippen LogP contribution in [-0.2, 0) is 9.59 Å². The lowest BCUT2D eigenvalue weighted by atomic mass is 10.1. The first-order valence-electron chi connectivity index (χ1n) is 14.8. The summed E-state index contributed by atoms with van der Waals surface area (Å²) in [7, 11) is 0. The average Bonchev–Trinajstić information content (AvgIpc) is 2.97. The molecule has 0 unspecified atom stereocenters. The van der Waals surface area contributed by atoms with Crippen LogP contribution < -0.4 is 10.6 Å². The first-order chi connectivity index (χ1) is 20.5. The van der Waals surface area contributed by atoms with Crippen LogP contribution in [0.5, 0.6) is 0 Å². The Morgan fingerprint density at radius 2 is 1.40 bits per heavy atom. The maximum atomic E-state index is 12.2. The van der Waals surface area contributed by atoms with E-state index in [-0.39, 0.29) is 29.8 Å². The van der Waals surface area contributed by atoms with E-state index in [2.05, 4.69) is 83.3 Å². The van der Waals surface area contributed by atoms with Gasteiger partial charge in [-0.15, -0.1) is 0 Å². The highest BCUT2D eigenvalue weighted by molar-refractivity contribution is 6.32. The molecule has 1 aromatic rings. The fourth-order valence-electron chi connectivity index (χ4n) is 3.70. The largest absolute Gasteiger partial charge is 0.480 e.